The van der Waals surface area contributed by atoms with Crippen molar-refractivity contribution in [2.45, 2.75) is 25.1 Å². The molecule has 0 aliphatic carbocycles. The molecule has 1 aromatic rings. The van der Waals surface area contributed by atoms with E-state index in [1.807, 2.05) is 45.0 Å². The van der Waals surface area contributed by atoms with E-state index in [4.69, 9.17) is 23.8 Å². The van der Waals surface area contributed by atoms with E-state index in [1.165, 1.54) is 0 Å². The molecule has 1 N–H and O–H groups in total. The van der Waals surface area contributed by atoms with Crippen LogP contribution in [0.15, 0.2) is 23.2 Å². The van der Waals surface area contributed by atoms with Crippen molar-refractivity contribution < 1.29 is 4.55 Å². The molecule has 1 aromatic carbocycles. The quantitative estimate of drug-likeness (QED) is 0.677. The molecule has 1 aliphatic rings. The molecule has 2 rings (SSSR count). The molecule has 7 heteroatoms. The van der Waals surface area contributed by atoms with Gasteiger partial charge in [-0.25, -0.2) is 0 Å². The number of hydrogen-bond donors (Lipinski definition) is 1. The van der Waals surface area contributed by atoms with Crippen LogP contribution >= 0.6 is 23.8 Å². The first-order chi connectivity index (χ1) is 9.70. The standard InChI is InChI=1S/C14H18ClN3OS2/c1-14(2)12(20)16-13(17-14)21(19)8-9-5-6-10(15)7-11(9)18(3)4/h5-7H,8H2,1-4H3,(H,16,17,20). The minimum Gasteiger partial charge on any atom is -0.609 e. The van der Waals surface area contributed by atoms with E-state index < -0.39 is 16.7 Å². The van der Waals surface area contributed by atoms with Crippen LogP contribution in [0.4, 0.5) is 5.69 Å². The van der Waals surface area contributed by atoms with Gasteiger partial charge in [-0.2, -0.15) is 4.99 Å². The predicted molar refractivity (Wildman–Crippen MR) is 94.9 cm³/mol. The maximum Gasteiger partial charge on any atom is 0.318 e. The van der Waals surface area contributed by atoms with Gasteiger partial charge in [-0.15, -0.1) is 0 Å². The lowest BCUT2D eigenvalue weighted by molar-refractivity contribution is 0.598. The van der Waals surface area contributed by atoms with Gasteiger partial charge in [0.25, 0.3) is 0 Å². The van der Waals surface area contributed by atoms with Crippen molar-refractivity contribution in [2.75, 3.05) is 19.0 Å². The third-order valence-electron chi connectivity index (χ3n) is 3.19. The predicted octanol–water partition coefficient (Wildman–Crippen LogP) is 2.72. The smallest absolute Gasteiger partial charge is 0.318 e. The Morgan fingerprint density at radius 3 is 2.62 bits per heavy atom. The number of nitrogens with one attached hydrogen (secondary N) is 1. The number of rotatable bonds is 3. The van der Waals surface area contributed by atoms with E-state index in [0.717, 1.165) is 11.3 Å². The maximum atomic E-state index is 12.5. The van der Waals surface area contributed by atoms with E-state index >= 15 is 0 Å². The molecule has 0 saturated carbocycles. The van der Waals surface area contributed by atoms with E-state index in [-0.39, 0.29) is 0 Å². The molecule has 0 amide bonds. The Hall–Kier alpha value is -0.820. The van der Waals surface area contributed by atoms with Crippen molar-refractivity contribution in [1.29, 1.82) is 0 Å². The molecule has 0 saturated heterocycles. The van der Waals surface area contributed by atoms with Crippen molar-refractivity contribution in [3.63, 3.8) is 0 Å². The molecule has 4 nitrogen and oxygen atoms in total. The molecule has 21 heavy (non-hydrogen) atoms. The third kappa shape index (κ3) is 3.69. The number of thiocarbonyl (C=S) groups is 1. The number of halogens is 1. The Labute approximate surface area is 138 Å². The molecule has 0 bridgehead atoms. The Morgan fingerprint density at radius 1 is 1.43 bits per heavy atom. The summed E-state index contributed by atoms with van der Waals surface area (Å²) in [6, 6.07) is 5.57. The first kappa shape index (κ1) is 16.5. The lowest BCUT2D eigenvalue weighted by Gasteiger charge is -2.20. The van der Waals surface area contributed by atoms with Crippen LogP contribution < -0.4 is 10.2 Å². The zero-order chi connectivity index (χ0) is 15.8. The average molecular weight is 344 g/mol. The number of nitrogens with zero attached hydrogens (tertiary/aromatic N) is 2. The van der Waals surface area contributed by atoms with Crippen molar-refractivity contribution in [3.8, 4) is 0 Å². The maximum absolute atomic E-state index is 12.5. The molecule has 0 fully saturated rings. The Kier molecular flexibility index (Phi) is 4.82. The summed E-state index contributed by atoms with van der Waals surface area (Å²) in [7, 11) is 3.86. The third-order valence-corrected chi connectivity index (χ3v) is 5.22. The molecule has 0 radical (unpaired) electrons. The van der Waals surface area contributed by atoms with Crippen LogP contribution in [-0.2, 0) is 16.9 Å². The molecular formula is C14H18ClN3OS2. The second-order valence-electron chi connectivity index (χ2n) is 5.63. The summed E-state index contributed by atoms with van der Waals surface area (Å²) in [4.78, 5) is 6.72. The van der Waals surface area contributed by atoms with Gasteiger partial charge in [0.05, 0.1) is 5.54 Å². The van der Waals surface area contributed by atoms with Crippen LogP contribution in [0.5, 0.6) is 0 Å². The average Bonchev–Trinajstić information content (AvgIpc) is 2.66. The van der Waals surface area contributed by atoms with Crippen LogP contribution in [0.2, 0.25) is 5.02 Å². The summed E-state index contributed by atoms with van der Waals surface area (Å²) in [5.74, 6) is 0.370. The highest BCUT2D eigenvalue weighted by Gasteiger charge is 2.37. The zero-order valence-corrected chi connectivity index (χ0v) is 14.8. The fraction of sp³-hybridized carbons (Fsp3) is 0.429. The largest absolute Gasteiger partial charge is 0.609 e. The monoisotopic (exact) mass is 343 g/mol. The fourth-order valence-electron chi connectivity index (χ4n) is 1.97. The van der Waals surface area contributed by atoms with Gasteiger partial charge in [0.2, 0.25) is 0 Å². The number of aliphatic imine (C=N–C) groups is 1. The van der Waals surface area contributed by atoms with Gasteiger partial charge < -0.3 is 14.8 Å². The van der Waals surface area contributed by atoms with Gasteiger partial charge in [0, 0.05) is 41.5 Å². The van der Waals surface area contributed by atoms with E-state index in [9.17, 15) is 4.55 Å². The summed E-state index contributed by atoms with van der Waals surface area (Å²) in [5, 5.41) is 4.24. The lowest BCUT2D eigenvalue weighted by Crippen LogP contribution is -2.44. The van der Waals surface area contributed by atoms with Gasteiger partial charge >= 0.3 is 5.17 Å². The van der Waals surface area contributed by atoms with Crippen LogP contribution in [0, 0.1) is 0 Å². The molecule has 1 aliphatic heterocycles. The zero-order valence-electron chi connectivity index (χ0n) is 12.4. The summed E-state index contributed by atoms with van der Waals surface area (Å²) in [5.41, 5.74) is 1.50. The Morgan fingerprint density at radius 2 is 2.10 bits per heavy atom. The van der Waals surface area contributed by atoms with Crippen molar-refractivity contribution in [2.24, 2.45) is 4.99 Å². The summed E-state index contributed by atoms with van der Waals surface area (Å²) < 4.78 is 12.5. The molecule has 1 heterocycles. The van der Waals surface area contributed by atoms with Gasteiger partial charge in [-0.3, -0.25) is 0 Å². The molecule has 0 spiro atoms. The van der Waals surface area contributed by atoms with Gasteiger partial charge in [0.15, 0.2) is 0 Å². The van der Waals surface area contributed by atoms with Crippen molar-refractivity contribution >= 4 is 50.8 Å². The Balaban J connectivity index is 2.20. The van der Waals surface area contributed by atoms with E-state index in [2.05, 4.69) is 10.3 Å². The summed E-state index contributed by atoms with van der Waals surface area (Å²) >= 11 is 9.95. The summed E-state index contributed by atoms with van der Waals surface area (Å²) in [6.45, 7) is 3.85. The topological polar surface area (TPSA) is 50.7 Å². The second kappa shape index (κ2) is 6.12. The minimum absolute atomic E-state index is 0.370. The van der Waals surface area contributed by atoms with Gasteiger partial charge in [-0.05, 0) is 26.0 Å². The minimum atomic E-state index is -1.27. The number of amidine groups is 1. The first-order valence-electron chi connectivity index (χ1n) is 6.46. The number of benzene rings is 1. The molecule has 1 unspecified atom stereocenters. The highest BCUT2D eigenvalue weighted by atomic mass is 35.5. The molecule has 114 valence electrons. The fourth-order valence-corrected chi connectivity index (χ4v) is 3.57. The highest BCUT2D eigenvalue weighted by Crippen LogP contribution is 2.26. The SMILES string of the molecule is CN(C)c1cc(Cl)ccc1C[S+]([O-])C1=NC(=S)C(C)(C)N1. The van der Waals surface area contributed by atoms with Crippen LogP contribution in [0.3, 0.4) is 0 Å². The summed E-state index contributed by atoms with van der Waals surface area (Å²) in [6.07, 6.45) is 0. The van der Waals surface area contributed by atoms with Crippen molar-refractivity contribution in [1.82, 2.24) is 5.32 Å². The normalized spacial score (nSPS) is 18.2. The van der Waals surface area contributed by atoms with Crippen LogP contribution in [-0.4, -0.2) is 34.3 Å². The lowest BCUT2D eigenvalue weighted by atomic mass is 10.1. The molecular weight excluding hydrogens is 326 g/mol. The first-order valence-corrected chi connectivity index (χ1v) is 8.56. The van der Waals surface area contributed by atoms with E-state index in [0.29, 0.717) is 20.9 Å². The number of hydrogen-bond acceptors (Lipinski definition) is 4. The molecule has 1 atom stereocenters. The number of anilines is 1. The van der Waals surface area contributed by atoms with Crippen LogP contribution in [0.25, 0.3) is 0 Å². The van der Waals surface area contributed by atoms with Crippen molar-refractivity contribution in [3.05, 3.63) is 28.8 Å². The molecule has 0 aromatic heterocycles. The highest BCUT2D eigenvalue weighted by molar-refractivity contribution is 8.05. The van der Waals surface area contributed by atoms with Gasteiger partial charge in [0.1, 0.15) is 10.7 Å². The Bertz CT molecular complexity index is 602. The second-order valence-corrected chi connectivity index (χ2v) is 7.82. The van der Waals surface area contributed by atoms with E-state index in [1.54, 1.807) is 6.07 Å². The van der Waals surface area contributed by atoms with Crippen LogP contribution in [0.1, 0.15) is 19.4 Å². The van der Waals surface area contributed by atoms with Gasteiger partial charge in [-0.1, -0.05) is 29.9 Å².